The molecule has 0 unspecified atom stereocenters. The summed E-state index contributed by atoms with van der Waals surface area (Å²) < 4.78 is 7.33. The zero-order valence-corrected chi connectivity index (χ0v) is 15.2. The third-order valence-corrected chi connectivity index (χ3v) is 4.63. The van der Waals surface area contributed by atoms with Gasteiger partial charge < -0.3 is 4.74 Å². The third kappa shape index (κ3) is 3.74. The van der Waals surface area contributed by atoms with Crippen LogP contribution in [-0.4, -0.2) is 20.8 Å². The number of pyridine rings is 1. The first-order chi connectivity index (χ1) is 12.1. The third-order valence-electron chi connectivity index (χ3n) is 3.90. The molecule has 0 aliphatic rings. The largest absolute Gasteiger partial charge is 0.472 e. The Labute approximate surface area is 150 Å². The van der Waals surface area contributed by atoms with E-state index in [2.05, 4.69) is 9.97 Å². The second-order valence-corrected chi connectivity index (χ2v) is 6.37. The lowest BCUT2D eigenvalue weighted by atomic mass is 10.1. The number of hydrogen-bond acceptors (Lipinski definition) is 5. The van der Waals surface area contributed by atoms with Crippen molar-refractivity contribution >= 4 is 11.8 Å². The molecule has 0 atom stereocenters. The summed E-state index contributed by atoms with van der Waals surface area (Å²) in [7, 11) is 1.72. The van der Waals surface area contributed by atoms with E-state index in [1.54, 1.807) is 20.2 Å². The number of thioether (sulfide) groups is 1. The van der Waals surface area contributed by atoms with Crippen LogP contribution in [0.25, 0.3) is 11.3 Å². The van der Waals surface area contributed by atoms with E-state index in [1.165, 1.54) is 16.3 Å². The molecular weight excluding hydrogens is 334 g/mol. The van der Waals surface area contributed by atoms with Gasteiger partial charge in [-0.2, -0.15) is 4.98 Å². The number of nitrogens with zero attached hydrogens (tertiary/aromatic N) is 3. The number of rotatable bonds is 5. The van der Waals surface area contributed by atoms with Crippen molar-refractivity contribution in [2.24, 2.45) is 7.05 Å². The summed E-state index contributed by atoms with van der Waals surface area (Å²) >= 11 is 1.42. The van der Waals surface area contributed by atoms with Crippen LogP contribution in [0, 0.1) is 6.92 Å². The molecule has 25 heavy (non-hydrogen) atoms. The van der Waals surface area contributed by atoms with Gasteiger partial charge in [0.05, 0.1) is 11.3 Å². The summed E-state index contributed by atoms with van der Waals surface area (Å²) in [5.41, 5.74) is 3.43. The predicted octanol–water partition coefficient (Wildman–Crippen LogP) is 3.45. The number of ether oxygens (including phenoxy) is 1. The fraction of sp³-hybridized carbons (Fsp3) is 0.211. The molecule has 0 amide bonds. The fourth-order valence-corrected chi connectivity index (χ4v) is 2.99. The fourth-order valence-electron chi connectivity index (χ4n) is 2.46. The van der Waals surface area contributed by atoms with Gasteiger partial charge in [0.15, 0.2) is 5.16 Å². The second-order valence-electron chi connectivity index (χ2n) is 5.59. The molecule has 0 aliphatic carbocycles. The Morgan fingerprint density at radius 1 is 1.16 bits per heavy atom. The predicted molar refractivity (Wildman–Crippen MR) is 100 cm³/mol. The minimum Gasteiger partial charge on any atom is -0.472 e. The number of benzene rings is 1. The maximum Gasteiger partial charge on any atom is 0.260 e. The Hall–Kier alpha value is -2.60. The molecule has 0 saturated carbocycles. The highest BCUT2D eigenvalue weighted by molar-refractivity contribution is 7.98. The van der Waals surface area contributed by atoms with Crippen LogP contribution in [0.1, 0.15) is 11.1 Å². The Kier molecular flexibility index (Phi) is 5.19. The molecule has 1 aromatic carbocycles. The topological polar surface area (TPSA) is 57.0 Å². The lowest BCUT2D eigenvalue weighted by Gasteiger charge is -2.12. The molecule has 3 rings (SSSR count). The van der Waals surface area contributed by atoms with E-state index in [0.29, 0.717) is 23.2 Å². The van der Waals surface area contributed by atoms with Crippen molar-refractivity contribution in [1.29, 1.82) is 0 Å². The first kappa shape index (κ1) is 17.2. The number of hydrogen-bond donors (Lipinski definition) is 0. The molecule has 0 fully saturated rings. The van der Waals surface area contributed by atoms with Crippen LogP contribution in [0.5, 0.6) is 5.88 Å². The number of aromatic nitrogens is 3. The van der Waals surface area contributed by atoms with E-state index in [0.717, 1.165) is 16.8 Å². The van der Waals surface area contributed by atoms with Crippen molar-refractivity contribution in [3.63, 3.8) is 0 Å². The summed E-state index contributed by atoms with van der Waals surface area (Å²) in [6.07, 6.45) is 3.66. The molecule has 0 aliphatic heterocycles. The smallest absolute Gasteiger partial charge is 0.260 e. The Balaban J connectivity index is 1.76. The Morgan fingerprint density at radius 3 is 2.56 bits per heavy atom. The van der Waals surface area contributed by atoms with Crippen LogP contribution in [-0.2, 0) is 13.7 Å². The maximum atomic E-state index is 12.2. The molecule has 0 bridgehead atoms. The monoisotopic (exact) mass is 353 g/mol. The second kappa shape index (κ2) is 7.53. The highest BCUT2D eigenvalue weighted by Gasteiger charge is 2.12. The summed E-state index contributed by atoms with van der Waals surface area (Å²) in [6.45, 7) is 2.09. The van der Waals surface area contributed by atoms with Gasteiger partial charge in [0.25, 0.3) is 5.56 Å². The van der Waals surface area contributed by atoms with Crippen molar-refractivity contribution < 1.29 is 4.74 Å². The minimum absolute atomic E-state index is 0.0835. The summed E-state index contributed by atoms with van der Waals surface area (Å²) in [4.78, 5) is 21.0. The van der Waals surface area contributed by atoms with Gasteiger partial charge >= 0.3 is 0 Å². The van der Waals surface area contributed by atoms with Crippen LogP contribution in [0.2, 0.25) is 0 Å². The lowest BCUT2D eigenvalue weighted by Crippen LogP contribution is -2.23. The average Bonchev–Trinajstić information content (AvgIpc) is 2.67. The average molecular weight is 353 g/mol. The van der Waals surface area contributed by atoms with E-state index in [-0.39, 0.29) is 5.56 Å². The first-order valence-corrected chi connectivity index (χ1v) is 9.07. The van der Waals surface area contributed by atoms with Crippen LogP contribution < -0.4 is 10.3 Å². The normalized spacial score (nSPS) is 10.7. The molecule has 5 nitrogen and oxygen atoms in total. The van der Waals surface area contributed by atoms with Gasteiger partial charge in [-0.25, -0.2) is 0 Å². The zero-order valence-electron chi connectivity index (χ0n) is 14.4. The van der Waals surface area contributed by atoms with Crippen molar-refractivity contribution in [2.75, 3.05) is 6.26 Å². The summed E-state index contributed by atoms with van der Waals surface area (Å²) in [5.74, 6) is 0.390. The van der Waals surface area contributed by atoms with Crippen molar-refractivity contribution in [3.05, 3.63) is 70.1 Å². The van der Waals surface area contributed by atoms with Gasteiger partial charge in [-0.1, -0.05) is 42.1 Å². The standard InChI is InChI=1S/C19H19N3O2S/c1-13-17(21-19(25-3)22(2)18(13)23)24-12-14-7-9-15(10-8-14)16-6-4-5-11-20-16/h4-11H,12H2,1-3H3. The maximum absolute atomic E-state index is 12.2. The molecule has 0 N–H and O–H groups in total. The molecule has 2 heterocycles. The van der Waals surface area contributed by atoms with Gasteiger partial charge in [-0.05, 0) is 30.9 Å². The lowest BCUT2D eigenvalue weighted by molar-refractivity contribution is 0.285. The molecule has 0 saturated heterocycles. The van der Waals surface area contributed by atoms with Gasteiger partial charge in [0.2, 0.25) is 5.88 Å². The Morgan fingerprint density at radius 2 is 1.92 bits per heavy atom. The van der Waals surface area contributed by atoms with Gasteiger partial charge in [0, 0.05) is 18.8 Å². The summed E-state index contributed by atoms with van der Waals surface area (Å²) in [6, 6.07) is 13.9. The van der Waals surface area contributed by atoms with E-state index >= 15 is 0 Å². The van der Waals surface area contributed by atoms with Gasteiger partial charge in [-0.3, -0.25) is 14.3 Å². The summed E-state index contributed by atoms with van der Waals surface area (Å²) in [5, 5.41) is 0.635. The van der Waals surface area contributed by atoms with Crippen LogP contribution >= 0.6 is 11.8 Å². The van der Waals surface area contributed by atoms with Crippen LogP contribution in [0.4, 0.5) is 0 Å². The minimum atomic E-state index is -0.0835. The van der Waals surface area contributed by atoms with Crippen molar-refractivity contribution in [1.82, 2.24) is 14.5 Å². The van der Waals surface area contributed by atoms with Crippen molar-refractivity contribution in [2.45, 2.75) is 18.7 Å². The molecule has 0 radical (unpaired) electrons. The van der Waals surface area contributed by atoms with E-state index in [1.807, 2.05) is 48.7 Å². The van der Waals surface area contributed by atoms with Crippen LogP contribution in [0.15, 0.2) is 58.6 Å². The molecule has 128 valence electrons. The first-order valence-electron chi connectivity index (χ1n) is 7.85. The molecule has 6 heteroatoms. The van der Waals surface area contributed by atoms with Crippen molar-refractivity contribution in [3.8, 4) is 17.1 Å². The highest BCUT2D eigenvalue weighted by Crippen LogP contribution is 2.20. The molecule has 2 aromatic heterocycles. The SMILES string of the molecule is CSc1nc(OCc2ccc(-c3ccccn3)cc2)c(C)c(=O)n1C. The molecule has 3 aromatic rings. The van der Waals surface area contributed by atoms with Crippen LogP contribution in [0.3, 0.4) is 0 Å². The zero-order chi connectivity index (χ0) is 17.8. The van der Waals surface area contributed by atoms with E-state index in [9.17, 15) is 4.79 Å². The van der Waals surface area contributed by atoms with Gasteiger partial charge in [-0.15, -0.1) is 0 Å². The van der Waals surface area contributed by atoms with E-state index in [4.69, 9.17) is 4.74 Å². The molecule has 0 spiro atoms. The quantitative estimate of drug-likeness (QED) is 0.519. The molecular formula is C19H19N3O2S. The Bertz CT molecular complexity index is 922. The van der Waals surface area contributed by atoms with E-state index < -0.39 is 0 Å². The van der Waals surface area contributed by atoms with Gasteiger partial charge in [0.1, 0.15) is 6.61 Å². The highest BCUT2D eigenvalue weighted by atomic mass is 32.2.